The minimum atomic E-state index is -0.328. The fourth-order valence-corrected chi connectivity index (χ4v) is 2.72. The lowest BCUT2D eigenvalue weighted by atomic mass is 9.99. The van der Waals surface area contributed by atoms with Gasteiger partial charge >= 0.3 is 0 Å². The highest BCUT2D eigenvalue weighted by molar-refractivity contribution is 7.98. The summed E-state index contributed by atoms with van der Waals surface area (Å²) < 4.78 is 0. The second-order valence-corrected chi connectivity index (χ2v) is 5.22. The molecule has 0 aliphatic carbocycles. The molecule has 1 saturated heterocycles. The molecule has 3 nitrogen and oxygen atoms in total. The van der Waals surface area contributed by atoms with Crippen LogP contribution in [0.25, 0.3) is 0 Å². The molecule has 2 atom stereocenters. The number of thioether (sulfide) groups is 1. The molecule has 1 N–H and O–H groups in total. The van der Waals surface area contributed by atoms with Gasteiger partial charge in [0.15, 0.2) is 0 Å². The molecule has 1 rings (SSSR count). The second-order valence-electron chi connectivity index (χ2n) is 4.31. The van der Waals surface area contributed by atoms with Gasteiger partial charge in [-0.25, -0.2) is 0 Å². The molecule has 4 heteroatoms. The standard InChI is InChI=1S/C11H22N2OS/c1-5-9(7-15-4)13-8-12-11(3,6-2)10(13)14/h9,12H,5-8H2,1-4H3. The van der Waals surface area contributed by atoms with E-state index >= 15 is 0 Å². The van der Waals surface area contributed by atoms with Gasteiger partial charge in [0.2, 0.25) is 5.91 Å². The normalized spacial score (nSPS) is 28.5. The van der Waals surface area contributed by atoms with Crippen molar-refractivity contribution in [1.82, 2.24) is 10.2 Å². The predicted molar refractivity (Wildman–Crippen MR) is 66.0 cm³/mol. The summed E-state index contributed by atoms with van der Waals surface area (Å²) in [7, 11) is 0. The fraction of sp³-hybridized carbons (Fsp3) is 0.909. The largest absolute Gasteiger partial charge is 0.325 e. The Balaban J connectivity index is 2.69. The van der Waals surface area contributed by atoms with Crippen molar-refractivity contribution in [2.75, 3.05) is 18.7 Å². The van der Waals surface area contributed by atoms with E-state index in [9.17, 15) is 4.79 Å². The molecule has 0 spiro atoms. The van der Waals surface area contributed by atoms with Crippen molar-refractivity contribution in [3.8, 4) is 0 Å². The first-order valence-electron chi connectivity index (χ1n) is 5.64. The highest BCUT2D eigenvalue weighted by Gasteiger charge is 2.42. The zero-order chi connectivity index (χ0) is 11.5. The van der Waals surface area contributed by atoms with Crippen molar-refractivity contribution in [3.05, 3.63) is 0 Å². The van der Waals surface area contributed by atoms with Crippen LogP contribution in [0.1, 0.15) is 33.6 Å². The van der Waals surface area contributed by atoms with Crippen LogP contribution < -0.4 is 5.32 Å². The number of carbonyl (C=O) groups excluding carboxylic acids is 1. The molecule has 0 aromatic heterocycles. The van der Waals surface area contributed by atoms with Gasteiger partial charge in [-0.05, 0) is 26.0 Å². The monoisotopic (exact) mass is 230 g/mol. The summed E-state index contributed by atoms with van der Waals surface area (Å²) in [6.07, 6.45) is 3.99. The average molecular weight is 230 g/mol. The number of hydrogen-bond donors (Lipinski definition) is 1. The van der Waals surface area contributed by atoms with Gasteiger partial charge in [-0.15, -0.1) is 0 Å². The third kappa shape index (κ3) is 2.48. The van der Waals surface area contributed by atoms with Gasteiger partial charge in [-0.3, -0.25) is 10.1 Å². The number of rotatable bonds is 5. The van der Waals surface area contributed by atoms with Crippen LogP contribution in [-0.4, -0.2) is 41.1 Å². The molecule has 0 saturated carbocycles. The lowest BCUT2D eigenvalue weighted by molar-refractivity contribution is -0.133. The highest BCUT2D eigenvalue weighted by atomic mass is 32.2. The Morgan fingerprint density at radius 2 is 2.27 bits per heavy atom. The van der Waals surface area contributed by atoms with Crippen LogP contribution in [0.4, 0.5) is 0 Å². The summed E-state index contributed by atoms with van der Waals surface area (Å²) in [6.45, 7) is 6.92. The van der Waals surface area contributed by atoms with Crippen LogP contribution in [0.2, 0.25) is 0 Å². The van der Waals surface area contributed by atoms with Crippen LogP contribution in [0.15, 0.2) is 0 Å². The van der Waals surface area contributed by atoms with Crippen LogP contribution in [0.3, 0.4) is 0 Å². The maximum absolute atomic E-state index is 12.2. The summed E-state index contributed by atoms with van der Waals surface area (Å²) in [5.74, 6) is 1.30. The van der Waals surface area contributed by atoms with Gasteiger partial charge in [0, 0.05) is 11.8 Å². The van der Waals surface area contributed by atoms with E-state index in [1.807, 2.05) is 23.6 Å². The Kier molecular flexibility index (Phi) is 4.46. The van der Waals surface area contributed by atoms with E-state index in [1.54, 1.807) is 0 Å². The van der Waals surface area contributed by atoms with Gasteiger partial charge in [-0.1, -0.05) is 13.8 Å². The SMILES string of the molecule is CCC(CSC)N1CNC(C)(CC)C1=O. The molecule has 1 aliphatic rings. The molecule has 0 aromatic rings. The van der Waals surface area contributed by atoms with Crippen LogP contribution in [-0.2, 0) is 4.79 Å². The fourth-order valence-electron chi connectivity index (χ4n) is 1.92. The number of nitrogens with one attached hydrogen (secondary N) is 1. The van der Waals surface area contributed by atoms with Crippen molar-refractivity contribution in [2.24, 2.45) is 0 Å². The second kappa shape index (κ2) is 5.21. The number of amides is 1. The minimum Gasteiger partial charge on any atom is -0.325 e. The molecule has 1 aliphatic heterocycles. The van der Waals surface area contributed by atoms with E-state index in [-0.39, 0.29) is 11.4 Å². The third-order valence-electron chi connectivity index (χ3n) is 3.35. The number of nitrogens with zero attached hydrogens (tertiary/aromatic N) is 1. The van der Waals surface area contributed by atoms with Crippen molar-refractivity contribution in [2.45, 2.75) is 45.2 Å². The molecule has 1 fully saturated rings. The molecule has 0 bridgehead atoms. The van der Waals surface area contributed by atoms with Gasteiger partial charge < -0.3 is 4.90 Å². The molecule has 2 unspecified atom stereocenters. The van der Waals surface area contributed by atoms with Crippen LogP contribution in [0.5, 0.6) is 0 Å². The smallest absolute Gasteiger partial charge is 0.243 e. The van der Waals surface area contributed by atoms with E-state index in [2.05, 4.69) is 25.4 Å². The molecule has 1 amide bonds. The Labute approximate surface area is 97.0 Å². The van der Waals surface area contributed by atoms with Crippen molar-refractivity contribution < 1.29 is 4.79 Å². The summed E-state index contributed by atoms with van der Waals surface area (Å²) in [4.78, 5) is 14.2. The van der Waals surface area contributed by atoms with Crippen molar-refractivity contribution >= 4 is 17.7 Å². The first-order valence-corrected chi connectivity index (χ1v) is 7.03. The zero-order valence-electron chi connectivity index (χ0n) is 10.2. The molecule has 0 radical (unpaired) electrons. The van der Waals surface area contributed by atoms with E-state index < -0.39 is 0 Å². The maximum atomic E-state index is 12.2. The summed E-state index contributed by atoms with van der Waals surface area (Å²) in [5.41, 5.74) is -0.328. The lowest BCUT2D eigenvalue weighted by Crippen LogP contribution is -2.45. The average Bonchev–Trinajstić information content (AvgIpc) is 2.54. The van der Waals surface area contributed by atoms with E-state index in [0.29, 0.717) is 12.7 Å². The van der Waals surface area contributed by atoms with Gasteiger partial charge in [-0.2, -0.15) is 11.8 Å². The van der Waals surface area contributed by atoms with Crippen molar-refractivity contribution in [3.63, 3.8) is 0 Å². The summed E-state index contributed by atoms with van der Waals surface area (Å²) in [5, 5.41) is 3.32. The maximum Gasteiger partial charge on any atom is 0.243 e. The van der Waals surface area contributed by atoms with E-state index in [4.69, 9.17) is 0 Å². The third-order valence-corrected chi connectivity index (χ3v) is 4.07. The zero-order valence-corrected chi connectivity index (χ0v) is 11.0. The number of hydrogen-bond acceptors (Lipinski definition) is 3. The molecule has 0 aromatic carbocycles. The predicted octanol–water partition coefficient (Wildman–Crippen LogP) is 1.69. The topological polar surface area (TPSA) is 32.3 Å². The van der Waals surface area contributed by atoms with Crippen molar-refractivity contribution in [1.29, 1.82) is 0 Å². The number of carbonyl (C=O) groups is 1. The summed E-state index contributed by atoms with van der Waals surface area (Å²) in [6, 6.07) is 0.383. The quantitative estimate of drug-likeness (QED) is 0.780. The Morgan fingerprint density at radius 3 is 2.67 bits per heavy atom. The molecular formula is C11H22N2OS. The van der Waals surface area contributed by atoms with E-state index in [0.717, 1.165) is 18.6 Å². The Morgan fingerprint density at radius 1 is 1.60 bits per heavy atom. The van der Waals surface area contributed by atoms with Crippen LogP contribution >= 0.6 is 11.8 Å². The Bertz CT molecular complexity index is 235. The molecule has 1 heterocycles. The summed E-state index contributed by atoms with van der Waals surface area (Å²) >= 11 is 1.81. The first kappa shape index (κ1) is 12.8. The van der Waals surface area contributed by atoms with Gasteiger partial charge in [0.05, 0.1) is 12.2 Å². The molecule has 88 valence electrons. The lowest BCUT2D eigenvalue weighted by Gasteiger charge is -2.27. The van der Waals surface area contributed by atoms with Crippen LogP contribution in [0, 0.1) is 0 Å². The van der Waals surface area contributed by atoms with E-state index in [1.165, 1.54) is 0 Å². The highest BCUT2D eigenvalue weighted by Crippen LogP contribution is 2.23. The Hall–Kier alpha value is -0.220. The van der Waals surface area contributed by atoms with Gasteiger partial charge in [0.1, 0.15) is 0 Å². The minimum absolute atomic E-state index is 0.269. The molecular weight excluding hydrogens is 208 g/mol. The molecule has 15 heavy (non-hydrogen) atoms. The first-order chi connectivity index (χ1) is 7.09. The van der Waals surface area contributed by atoms with Gasteiger partial charge in [0.25, 0.3) is 0 Å².